The fourth-order valence-corrected chi connectivity index (χ4v) is 3.12. The second-order valence-electron chi connectivity index (χ2n) is 5.19. The van der Waals surface area contributed by atoms with Crippen LogP contribution in [-0.2, 0) is 0 Å². The van der Waals surface area contributed by atoms with Crippen LogP contribution >= 0.6 is 15.9 Å². The minimum absolute atomic E-state index is 0.263. The normalized spacial score (nSPS) is 35.1. The number of hydrogen-bond acceptors (Lipinski definition) is 1. The molecule has 1 aliphatic heterocycles. The largest absolute Gasteiger partial charge is 0.383 e. The maximum absolute atomic E-state index is 3.64. The van der Waals surface area contributed by atoms with Gasteiger partial charge in [-0.3, -0.25) is 0 Å². The summed E-state index contributed by atoms with van der Waals surface area (Å²) in [6, 6.07) is 0. The molecule has 78 valence electrons. The molecule has 1 heterocycles. The van der Waals surface area contributed by atoms with Gasteiger partial charge < -0.3 is 5.32 Å². The summed E-state index contributed by atoms with van der Waals surface area (Å²) in [6.45, 7) is 6.92. The molecule has 0 spiro atoms. The summed E-state index contributed by atoms with van der Waals surface area (Å²) < 4.78 is 1.33. The predicted octanol–water partition coefficient (Wildman–Crippen LogP) is 3.58. The minimum atomic E-state index is 0.263. The molecule has 2 atom stereocenters. The second-order valence-corrected chi connectivity index (χ2v) is 6.21. The van der Waals surface area contributed by atoms with Crippen LogP contribution in [0.1, 0.15) is 33.6 Å². The maximum atomic E-state index is 3.64. The van der Waals surface area contributed by atoms with Crippen molar-refractivity contribution in [2.45, 2.75) is 39.2 Å². The van der Waals surface area contributed by atoms with Gasteiger partial charge in [0.1, 0.15) is 0 Å². The van der Waals surface area contributed by atoms with Crippen molar-refractivity contribution in [2.75, 3.05) is 0 Å². The monoisotopic (exact) mass is 255 g/mol. The van der Waals surface area contributed by atoms with Crippen LogP contribution in [0.3, 0.4) is 0 Å². The highest BCUT2D eigenvalue weighted by Gasteiger charge is 2.35. The van der Waals surface area contributed by atoms with Crippen molar-refractivity contribution < 1.29 is 0 Å². The van der Waals surface area contributed by atoms with Gasteiger partial charge in [0.2, 0.25) is 0 Å². The van der Waals surface area contributed by atoms with Crippen LogP contribution in [0.2, 0.25) is 0 Å². The molecule has 1 aliphatic carbocycles. The van der Waals surface area contributed by atoms with E-state index < -0.39 is 0 Å². The van der Waals surface area contributed by atoms with Crippen LogP contribution in [0.5, 0.6) is 0 Å². The van der Waals surface area contributed by atoms with Gasteiger partial charge >= 0.3 is 0 Å². The number of piperidine rings is 1. The first kappa shape index (κ1) is 10.3. The molecule has 0 saturated carbocycles. The Morgan fingerprint density at radius 3 is 2.93 bits per heavy atom. The number of hydrogen-bond donors (Lipinski definition) is 1. The number of rotatable bonds is 0. The lowest BCUT2D eigenvalue weighted by Gasteiger charge is -2.43. The van der Waals surface area contributed by atoms with Crippen molar-refractivity contribution in [1.82, 2.24) is 5.32 Å². The van der Waals surface area contributed by atoms with E-state index in [1.165, 1.54) is 16.6 Å². The van der Waals surface area contributed by atoms with Crippen molar-refractivity contribution in [2.24, 2.45) is 11.8 Å². The standard InChI is InChI=1S/C12H18BrN/c1-8-7-12(2,3)14-11-5-4-9(13)6-10(8)11/h5-6,8,10,14H,4,7H2,1-3H3/t8-,10+/m1/s1. The quantitative estimate of drug-likeness (QED) is 0.698. The molecule has 2 aliphatic rings. The molecule has 2 heteroatoms. The van der Waals surface area contributed by atoms with Crippen LogP contribution in [0, 0.1) is 11.8 Å². The zero-order valence-electron chi connectivity index (χ0n) is 9.10. The Hall–Kier alpha value is -0.240. The Balaban J connectivity index is 2.24. The van der Waals surface area contributed by atoms with Gasteiger partial charge in [-0.15, -0.1) is 0 Å². The Morgan fingerprint density at radius 1 is 1.50 bits per heavy atom. The summed E-state index contributed by atoms with van der Waals surface area (Å²) >= 11 is 3.60. The van der Waals surface area contributed by atoms with Crippen LogP contribution in [0.4, 0.5) is 0 Å². The Kier molecular flexibility index (Phi) is 2.50. The minimum Gasteiger partial charge on any atom is -0.383 e. The number of nitrogens with one attached hydrogen (secondary N) is 1. The van der Waals surface area contributed by atoms with E-state index in [1.807, 2.05) is 0 Å². The number of allylic oxidation sites excluding steroid dienone is 3. The average molecular weight is 256 g/mol. The van der Waals surface area contributed by atoms with Crippen LogP contribution in [0.15, 0.2) is 22.3 Å². The molecule has 0 unspecified atom stereocenters. The smallest absolute Gasteiger partial charge is 0.0317 e. The highest BCUT2D eigenvalue weighted by atomic mass is 79.9. The molecular weight excluding hydrogens is 238 g/mol. The predicted molar refractivity (Wildman–Crippen MR) is 64.2 cm³/mol. The SMILES string of the molecule is C[C@@H]1CC(C)(C)NC2=CCC(Br)=C[C@H]21. The lowest BCUT2D eigenvalue weighted by molar-refractivity contribution is 0.238. The molecule has 0 bridgehead atoms. The molecule has 1 fully saturated rings. The first-order valence-electron chi connectivity index (χ1n) is 5.32. The molecule has 14 heavy (non-hydrogen) atoms. The van der Waals surface area contributed by atoms with E-state index in [1.54, 1.807) is 0 Å². The summed E-state index contributed by atoms with van der Waals surface area (Å²) in [4.78, 5) is 0. The van der Waals surface area contributed by atoms with E-state index in [0.717, 1.165) is 12.3 Å². The van der Waals surface area contributed by atoms with Gasteiger partial charge in [-0.05, 0) is 37.1 Å². The number of halogens is 1. The zero-order chi connectivity index (χ0) is 10.3. The van der Waals surface area contributed by atoms with Crippen molar-refractivity contribution in [1.29, 1.82) is 0 Å². The molecule has 0 aromatic heterocycles. The molecule has 1 N–H and O–H groups in total. The average Bonchev–Trinajstić information content (AvgIpc) is 2.05. The highest BCUT2D eigenvalue weighted by Crippen LogP contribution is 2.38. The summed E-state index contributed by atoms with van der Waals surface area (Å²) in [6.07, 6.45) is 6.97. The lowest BCUT2D eigenvalue weighted by Crippen LogP contribution is -2.48. The van der Waals surface area contributed by atoms with Gasteiger partial charge in [-0.2, -0.15) is 0 Å². The fourth-order valence-electron chi connectivity index (χ4n) is 2.68. The second kappa shape index (κ2) is 3.41. The van der Waals surface area contributed by atoms with Gasteiger partial charge in [-0.1, -0.05) is 35.0 Å². The molecular formula is C12H18BrN. The van der Waals surface area contributed by atoms with E-state index in [-0.39, 0.29) is 5.54 Å². The summed E-state index contributed by atoms with van der Waals surface area (Å²) in [5, 5.41) is 3.64. The Morgan fingerprint density at radius 2 is 2.21 bits per heavy atom. The van der Waals surface area contributed by atoms with Crippen molar-refractivity contribution >= 4 is 15.9 Å². The van der Waals surface area contributed by atoms with E-state index >= 15 is 0 Å². The molecule has 0 amide bonds. The van der Waals surface area contributed by atoms with Gasteiger partial charge in [0, 0.05) is 17.2 Å². The van der Waals surface area contributed by atoms with E-state index in [4.69, 9.17) is 0 Å². The van der Waals surface area contributed by atoms with Gasteiger partial charge in [0.25, 0.3) is 0 Å². The summed E-state index contributed by atoms with van der Waals surface area (Å²) in [7, 11) is 0. The number of fused-ring (bicyclic) bond motifs is 1. The first-order valence-corrected chi connectivity index (χ1v) is 6.12. The van der Waals surface area contributed by atoms with Crippen LogP contribution in [0.25, 0.3) is 0 Å². The van der Waals surface area contributed by atoms with Crippen LogP contribution in [-0.4, -0.2) is 5.54 Å². The van der Waals surface area contributed by atoms with Crippen molar-refractivity contribution in [3.63, 3.8) is 0 Å². The molecule has 0 aromatic rings. The first-order chi connectivity index (χ1) is 6.48. The van der Waals surface area contributed by atoms with Gasteiger partial charge in [0.15, 0.2) is 0 Å². The topological polar surface area (TPSA) is 12.0 Å². The third-order valence-electron chi connectivity index (χ3n) is 3.16. The van der Waals surface area contributed by atoms with Gasteiger partial charge in [0.05, 0.1) is 0 Å². The maximum Gasteiger partial charge on any atom is 0.0317 e. The third kappa shape index (κ3) is 1.90. The van der Waals surface area contributed by atoms with E-state index in [2.05, 4.69) is 54.2 Å². The van der Waals surface area contributed by atoms with E-state index in [0.29, 0.717) is 5.92 Å². The molecule has 2 rings (SSSR count). The molecule has 1 saturated heterocycles. The Bertz CT molecular complexity index is 301. The van der Waals surface area contributed by atoms with Crippen molar-refractivity contribution in [3.05, 3.63) is 22.3 Å². The molecule has 0 aromatic carbocycles. The molecule has 0 radical (unpaired) electrons. The summed E-state index contributed by atoms with van der Waals surface area (Å²) in [5.41, 5.74) is 1.69. The lowest BCUT2D eigenvalue weighted by atomic mass is 9.75. The summed E-state index contributed by atoms with van der Waals surface area (Å²) in [5.74, 6) is 1.34. The molecule has 1 nitrogen and oxygen atoms in total. The van der Waals surface area contributed by atoms with Crippen molar-refractivity contribution in [3.8, 4) is 0 Å². The zero-order valence-corrected chi connectivity index (χ0v) is 10.7. The van der Waals surface area contributed by atoms with E-state index in [9.17, 15) is 0 Å². The highest BCUT2D eigenvalue weighted by molar-refractivity contribution is 9.11. The third-order valence-corrected chi connectivity index (χ3v) is 3.75. The Labute approximate surface area is 94.8 Å². The van der Waals surface area contributed by atoms with Gasteiger partial charge in [-0.25, -0.2) is 0 Å². The van der Waals surface area contributed by atoms with Crippen LogP contribution < -0.4 is 5.32 Å². The fraction of sp³-hybridized carbons (Fsp3) is 0.667.